The van der Waals surface area contributed by atoms with Crippen LogP contribution in [-0.4, -0.2) is 18.7 Å². The highest BCUT2D eigenvalue weighted by Crippen LogP contribution is 2.17. The Kier molecular flexibility index (Phi) is 6.97. The molecule has 6 nitrogen and oxygen atoms in total. The van der Waals surface area contributed by atoms with E-state index in [2.05, 4.69) is 10.5 Å². The summed E-state index contributed by atoms with van der Waals surface area (Å²) < 4.78 is 11.2. The van der Waals surface area contributed by atoms with E-state index in [-0.39, 0.29) is 6.61 Å². The summed E-state index contributed by atoms with van der Waals surface area (Å²) in [5, 5.41) is 12.7. The first-order chi connectivity index (χ1) is 14.2. The van der Waals surface area contributed by atoms with Crippen LogP contribution in [0, 0.1) is 11.3 Å². The molecule has 0 aromatic heterocycles. The fraction of sp³-hybridized carbons (Fsp3) is 0.0870. The Labute approximate surface area is 169 Å². The molecule has 0 unspecified atom stereocenters. The number of nitrogens with zero attached hydrogens (tertiary/aromatic N) is 2. The summed E-state index contributed by atoms with van der Waals surface area (Å²) in [6.07, 6.45) is 1.53. The molecule has 1 amide bonds. The molecule has 1 N–H and O–H groups in total. The maximum Gasteiger partial charge on any atom is 0.277 e. The van der Waals surface area contributed by atoms with Gasteiger partial charge in [0, 0.05) is 5.56 Å². The molecule has 0 heterocycles. The van der Waals surface area contributed by atoms with Crippen molar-refractivity contribution in [1.82, 2.24) is 5.43 Å². The normalized spacial score (nSPS) is 10.3. The summed E-state index contributed by atoms with van der Waals surface area (Å²) in [5.74, 6) is 0.777. The molecule has 0 radical (unpaired) electrons. The van der Waals surface area contributed by atoms with E-state index in [1.54, 1.807) is 24.3 Å². The second-order valence-electron chi connectivity index (χ2n) is 6.03. The number of rotatable bonds is 8. The second-order valence-corrected chi connectivity index (χ2v) is 6.03. The maximum atomic E-state index is 11.9. The molecule has 0 aliphatic heterocycles. The van der Waals surface area contributed by atoms with Crippen molar-refractivity contribution in [3.05, 3.63) is 95.6 Å². The van der Waals surface area contributed by atoms with E-state index in [9.17, 15) is 4.79 Å². The maximum absolute atomic E-state index is 11.9. The Morgan fingerprint density at radius 1 is 0.966 bits per heavy atom. The van der Waals surface area contributed by atoms with Gasteiger partial charge in [0.2, 0.25) is 0 Å². The molecule has 3 aromatic rings. The standard InChI is InChI=1S/C23H19N3O3/c24-14-18-10-12-21(13-11-18)28-17-23(27)26-25-15-20-8-4-5-9-22(20)29-16-19-6-2-1-3-7-19/h1-13,15H,16-17H2,(H,26,27)/b25-15+. The van der Waals surface area contributed by atoms with Gasteiger partial charge in [0.25, 0.3) is 5.91 Å². The molecular formula is C23H19N3O3. The minimum atomic E-state index is -0.395. The van der Waals surface area contributed by atoms with Crippen molar-refractivity contribution in [3.63, 3.8) is 0 Å². The van der Waals surface area contributed by atoms with Crippen LogP contribution in [0.2, 0.25) is 0 Å². The van der Waals surface area contributed by atoms with Crippen LogP contribution in [0.3, 0.4) is 0 Å². The molecule has 0 saturated carbocycles. The molecule has 0 spiro atoms. The number of nitriles is 1. The van der Waals surface area contributed by atoms with E-state index in [4.69, 9.17) is 14.7 Å². The van der Waals surface area contributed by atoms with Crippen LogP contribution in [0.15, 0.2) is 84.0 Å². The lowest BCUT2D eigenvalue weighted by Crippen LogP contribution is -2.24. The molecule has 0 atom stereocenters. The van der Waals surface area contributed by atoms with Crippen LogP contribution < -0.4 is 14.9 Å². The van der Waals surface area contributed by atoms with Gasteiger partial charge >= 0.3 is 0 Å². The first-order valence-corrected chi connectivity index (χ1v) is 8.95. The highest BCUT2D eigenvalue weighted by Gasteiger charge is 2.04. The van der Waals surface area contributed by atoms with Crippen molar-refractivity contribution in [2.24, 2.45) is 5.10 Å². The van der Waals surface area contributed by atoms with E-state index in [1.807, 2.05) is 60.7 Å². The zero-order chi connectivity index (χ0) is 20.3. The first-order valence-electron chi connectivity index (χ1n) is 8.95. The highest BCUT2D eigenvalue weighted by atomic mass is 16.5. The van der Waals surface area contributed by atoms with Crippen molar-refractivity contribution < 1.29 is 14.3 Å². The van der Waals surface area contributed by atoms with Gasteiger partial charge in [-0.05, 0) is 42.0 Å². The molecule has 0 saturated heterocycles. The fourth-order valence-electron chi connectivity index (χ4n) is 2.43. The molecule has 3 rings (SSSR count). The lowest BCUT2D eigenvalue weighted by atomic mass is 10.2. The predicted molar refractivity (Wildman–Crippen MR) is 110 cm³/mol. The number of hydrogen-bond acceptors (Lipinski definition) is 5. The summed E-state index contributed by atoms with van der Waals surface area (Å²) in [6, 6.07) is 25.8. The average molecular weight is 385 g/mol. The van der Waals surface area contributed by atoms with Gasteiger partial charge < -0.3 is 9.47 Å². The molecule has 3 aromatic carbocycles. The summed E-state index contributed by atoms with van der Waals surface area (Å²) in [4.78, 5) is 11.9. The van der Waals surface area contributed by atoms with Crippen molar-refractivity contribution >= 4 is 12.1 Å². The lowest BCUT2D eigenvalue weighted by molar-refractivity contribution is -0.123. The third-order valence-corrected chi connectivity index (χ3v) is 3.90. The van der Waals surface area contributed by atoms with Gasteiger partial charge in [-0.2, -0.15) is 10.4 Å². The SMILES string of the molecule is N#Cc1ccc(OCC(=O)N/N=C/c2ccccc2OCc2ccccc2)cc1. The number of benzene rings is 3. The van der Waals surface area contributed by atoms with E-state index in [1.165, 1.54) is 6.21 Å². The minimum absolute atomic E-state index is 0.185. The second kappa shape index (κ2) is 10.3. The van der Waals surface area contributed by atoms with Crippen LogP contribution >= 0.6 is 0 Å². The smallest absolute Gasteiger partial charge is 0.277 e. The topological polar surface area (TPSA) is 83.7 Å². The van der Waals surface area contributed by atoms with Crippen LogP contribution in [0.5, 0.6) is 11.5 Å². The Morgan fingerprint density at radius 3 is 2.45 bits per heavy atom. The van der Waals surface area contributed by atoms with E-state index in [0.29, 0.717) is 23.7 Å². The zero-order valence-corrected chi connectivity index (χ0v) is 15.6. The third kappa shape index (κ3) is 6.22. The van der Waals surface area contributed by atoms with Crippen molar-refractivity contribution in [3.8, 4) is 17.6 Å². The molecule has 29 heavy (non-hydrogen) atoms. The molecule has 0 fully saturated rings. The Bertz CT molecular complexity index is 1010. The summed E-state index contributed by atoms with van der Waals surface area (Å²) in [7, 11) is 0. The number of ether oxygens (including phenoxy) is 2. The summed E-state index contributed by atoms with van der Waals surface area (Å²) in [6.45, 7) is 0.256. The Balaban J connectivity index is 1.50. The predicted octanol–water partition coefficient (Wildman–Crippen LogP) is 3.67. The van der Waals surface area contributed by atoms with Crippen LogP contribution in [0.4, 0.5) is 0 Å². The molecule has 144 valence electrons. The number of hydrogen-bond donors (Lipinski definition) is 1. The number of hydrazone groups is 1. The van der Waals surface area contributed by atoms with Gasteiger partial charge in [-0.1, -0.05) is 42.5 Å². The molecular weight excluding hydrogens is 366 g/mol. The van der Waals surface area contributed by atoms with E-state index in [0.717, 1.165) is 11.1 Å². The van der Waals surface area contributed by atoms with E-state index < -0.39 is 5.91 Å². The molecule has 0 aliphatic rings. The lowest BCUT2D eigenvalue weighted by Gasteiger charge is -2.09. The first kappa shape index (κ1) is 19.6. The van der Waals surface area contributed by atoms with Gasteiger partial charge in [-0.3, -0.25) is 4.79 Å². The van der Waals surface area contributed by atoms with E-state index >= 15 is 0 Å². The largest absolute Gasteiger partial charge is 0.488 e. The third-order valence-electron chi connectivity index (χ3n) is 3.90. The number of nitrogens with one attached hydrogen (secondary N) is 1. The Morgan fingerprint density at radius 2 is 1.69 bits per heavy atom. The van der Waals surface area contributed by atoms with Gasteiger partial charge in [-0.25, -0.2) is 5.43 Å². The fourth-order valence-corrected chi connectivity index (χ4v) is 2.43. The molecule has 0 aliphatic carbocycles. The highest BCUT2D eigenvalue weighted by molar-refractivity contribution is 5.85. The van der Waals surface area contributed by atoms with Crippen molar-refractivity contribution in [2.75, 3.05) is 6.61 Å². The quantitative estimate of drug-likeness (QED) is 0.474. The van der Waals surface area contributed by atoms with Crippen molar-refractivity contribution in [1.29, 1.82) is 5.26 Å². The molecule has 0 bridgehead atoms. The van der Waals surface area contributed by atoms with Crippen LogP contribution in [0.25, 0.3) is 0 Å². The summed E-state index contributed by atoms with van der Waals surface area (Å²) >= 11 is 0. The van der Waals surface area contributed by atoms with Gasteiger partial charge in [0.1, 0.15) is 18.1 Å². The number of para-hydroxylation sites is 1. The average Bonchev–Trinajstić information content (AvgIpc) is 2.78. The number of amides is 1. The van der Waals surface area contributed by atoms with Crippen LogP contribution in [-0.2, 0) is 11.4 Å². The van der Waals surface area contributed by atoms with Gasteiger partial charge in [-0.15, -0.1) is 0 Å². The van der Waals surface area contributed by atoms with Crippen LogP contribution in [0.1, 0.15) is 16.7 Å². The summed E-state index contributed by atoms with van der Waals surface area (Å²) in [5.41, 5.74) is 4.76. The van der Waals surface area contributed by atoms with Gasteiger partial charge in [0.15, 0.2) is 6.61 Å². The number of carbonyl (C=O) groups is 1. The van der Waals surface area contributed by atoms with Gasteiger partial charge in [0.05, 0.1) is 17.8 Å². The monoisotopic (exact) mass is 385 g/mol. The zero-order valence-electron chi connectivity index (χ0n) is 15.6. The number of carbonyl (C=O) groups excluding carboxylic acids is 1. The Hall–Kier alpha value is -4.11. The minimum Gasteiger partial charge on any atom is -0.488 e. The molecule has 6 heteroatoms. The van der Waals surface area contributed by atoms with Crippen molar-refractivity contribution in [2.45, 2.75) is 6.61 Å².